The van der Waals surface area contributed by atoms with Crippen molar-refractivity contribution in [3.05, 3.63) is 24.0 Å². The van der Waals surface area contributed by atoms with Crippen molar-refractivity contribution in [2.45, 2.75) is 26.3 Å². The molecule has 1 atom stereocenters. The first-order valence-corrected chi connectivity index (χ1v) is 6.87. The Morgan fingerprint density at radius 3 is 2.67 bits per heavy atom. The average molecular weight is 249 g/mol. The Hall–Kier alpha value is -1.13. The van der Waals surface area contributed by atoms with Crippen molar-refractivity contribution in [3.63, 3.8) is 0 Å². The summed E-state index contributed by atoms with van der Waals surface area (Å²) < 4.78 is 5.36. The number of hydrogen-bond donors (Lipinski definition) is 1. The van der Waals surface area contributed by atoms with Gasteiger partial charge in [0, 0.05) is 19.1 Å². The lowest BCUT2D eigenvalue weighted by atomic mass is 10.1. The first-order chi connectivity index (χ1) is 8.85. The predicted octanol–water partition coefficient (Wildman–Crippen LogP) is 1.98. The lowest BCUT2D eigenvalue weighted by molar-refractivity contribution is 0.122. The molecule has 2 heterocycles. The maximum atomic E-state index is 5.36. The zero-order valence-electron chi connectivity index (χ0n) is 11.4. The second-order valence-corrected chi connectivity index (χ2v) is 4.56. The molecule has 1 saturated heterocycles. The van der Waals surface area contributed by atoms with Gasteiger partial charge in [0.1, 0.15) is 0 Å². The fraction of sp³-hybridized carbons (Fsp3) is 0.643. The van der Waals surface area contributed by atoms with E-state index in [4.69, 9.17) is 4.74 Å². The Kier molecular flexibility index (Phi) is 4.96. The zero-order valence-corrected chi connectivity index (χ0v) is 11.4. The van der Waals surface area contributed by atoms with Gasteiger partial charge in [0.15, 0.2) is 0 Å². The van der Waals surface area contributed by atoms with Gasteiger partial charge in [-0.05, 0) is 25.1 Å². The summed E-state index contributed by atoms with van der Waals surface area (Å²) in [6.07, 6.45) is 3.05. The molecule has 100 valence electrons. The number of hydrogen-bond acceptors (Lipinski definition) is 4. The smallest absolute Gasteiger partial charge is 0.0642 e. The van der Waals surface area contributed by atoms with Crippen LogP contribution in [0.2, 0.25) is 0 Å². The van der Waals surface area contributed by atoms with Gasteiger partial charge in [0.25, 0.3) is 0 Å². The molecule has 1 unspecified atom stereocenters. The highest BCUT2D eigenvalue weighted by atomic mass is 16.5. The van der Waals surface area contributed by atoms with Crippen LogP contribution in [-0.2, 0) is 4.74 Å². The minimum absolute atomic E-state index is 0.369. The van der Waals surface area contributed by atoms with Crippen LogP contribution >= 0.6 is 0 Å². The molecule has 18 heavy (non-hydrogen) atoms. The summed E-state index contributed by atoms with van der Waals surface area (Å²) in [6, 6.07) is 4.68. The van der Waals surface area contributed by atoms with Crippen LogP contribution in [-0.4, -0.2) is 37.8 Å². The molecule has 4 heteroatoms. The summed E-state index contributed by atoms with van der Waals surface area (Å²) >= 11 is 0. The molecule has 1 aromatic heterocycles. The van der Waals surface area contributed by atoms with Crippen molar-refractivity contribution in [2.24, 2.45) is 0 Å². The lowest BCUT2D eigenvalue weighted by Gasteiger charge is -2.28. The molecule has 1 aromatic rings. The van der Waals surface area contributed by atoms with Crippen LogP contribution in [0.25, 0.3) is 0 Å². The third kappa shape index (κ3) is 3.21. The molecule has 0 spiro atoms. The van der Waals surface area contributed by atoms with Gasteiger partial charge in [0.2, 0.25) is 0 Å². The van der Waals surface area contributed by atoms with Crippen LogP contribution in [0.5, 0.6) is 0 Å². The van der Waals surface area contributed by atoms with Crippen LogP contribution in [0.4, 0.5) is 5.69 Å². The molecular formula is C14H23N3O. The van der Waals surface area contributed by atoms with Gasteiger partial charge in [-0.25, -0.2) is 0 Å². The van der Waals surface area contributed by atoms with Crippen LogP contribution in [0.1, 0.15) is 32.0 Å². The number of ether oxygens (including phenoxy) is 1. The number of anilines is 1. The third-order valence-electron chi connectivity index (χ3n) is 3.36. The van der Waals surface area contributed by atoms with E-state index in [2.05, 4.69) is 41.2 Å². The fourth-order valence-corrected chi connectivity index (χ4v) is 2.32. The van der Waals surface area contributed by atoms with E-state index < -0.39 is 0 Å². The summed E-state index contributed by atoms with van der Waals surface area (Å²) in [6.45, 7) is 8.85. The minimum Gasteiger partial charge on any atom is -0.378 e. The van der Waals surface area contributed by atoms with Crippen molar-refractivity contribution >= 4 is 5.69 Å². The van der Waals surface area contributed by atoms with E-state index >= 15 is 0 Å². The largest absolute Gasteiger partial charge is 0.378 e. The molecule has 1 aliphatic heterocycles. The SMILES string of the molecule is CCNC(CC)c1ccc(N2CCOCC2)cn1. The summed E-state index contributed by atoms with van der Waals surface area (Å²) in [4.78, 5) is 6.93. The highest BCUT2D eigenvalue weighted by Gasteiger charge is 2.13. The third-order valence-corrected chi connectivity index (χ3v) is 3.36. The molecule has 0 aromatic carbocycles. The van der Waals surface area contributed by atoms with E-state index in [9.17, 15) is 0 Å². The van der Waals surface area contributed by atoms with Crippen LogP contribution in [0, 0.1) is 0 Å². The zero-order chi connectivity index (χ0) is 12.8. The van der Waals surface area contributed by atoms with Crippen LogP contribution in [0.3, 0.4) is 0 Å². The molecule has 4 nitrogen and oxygen atoms in total. The predicted molar refractivity (Wildman–Crippen MR) is 74.0 cm³/mol. The number of rotatable bonds is 5. The van der Waals surface area contributed by atoms with Gasteiger partial charge in [0.05, 0.1) is 30.8 Å². The number of aromatic nitrogens is 1. The quantitative estimate of drug-likeness (QED) is 0.866. The van der Waals surface area contributed by atoms with Crippen molar-refractivity contribution in [1.82, 2.24) is 10.3 Å². The Morgan fingerprint density at radius 1 is 1.33 bits per heavy atom. The standard InChI is InChI=1S/C14H23N3O/c1-3-13(15-4-2)14-6-5-12(11-16-14)17-7-9-18-10-8-17/h5-6,11,13,15H,3-4,7-10H2,1-2H3. The molecule has 1 N–H and O–H groups in total. The van der Waals surface area contributed by atoms with Crippen molar-refractivity contribution in [1.29, 1.82) is 0 Å². The molecule has 0 bridgehead atoms. The van der Waals surface area contributed by atoms with E-state index in [1.54, 1.807) is 0 Å². The van der Waals surface area contributed by atoms with Crippen molar-refractivity contribution < 1.29 is 4.74 Å². The van der Waals surface area contributed by atoms with E-state index in [0.29, 0.717) is 6.04 Å². The van der Waals surface area contributed by atoms with Crippen molar-refractivity contribution in [3.8, 4) is 0 Å². The maximum Gasteiger partial charge on any atom is 0.0642 e. The van der Waals surface area contributed by atoms with Gasteiger partial charge in [-0.2, -0.15) is 0 Å². The second kappa shape index (κ2) is 6.71. The average Bonchev–Trinajstić information content (AvgIpc) is 2.46. The highest BCUT2D eigenvalue weighted by Crippen LogP contribution is 2.19. The van der Waals surface area contributed by atoms with Crippen LogP contribution < -0.4 is 10.2 Å². The highest BCUT2D eigenvalue weighted by molar-refractivity contribution is 5.45. The topological polar surface area (TPSA) is 37.4 Å². The fourth-order valence-electron chi connectivity index (χ4n) is 2.32. The van der Waals surface area contributed by atoms with Crippen LogP contribution in [0.15, 0.2) is 18.3 Å². The Morgan fingerprint density at radius 2 is 2.11 bits per heavy atom. The minimum atomic E-state index is 0.369. The lowest BCUT2D eigenvalue weighted by Crippen LogP contribution is -2.36. The van der Waals surface area contributed by atoms with Gasteiger partial charge in [-0.3, -0.25) is 4.98 Å². The normalized spacial score (nSPS) is 17.8. The molecular weight excluding hydrogens is 226 g/mol. The molecule has 0 saturated carbocycles. The molecule has 0 aliphatic carbocycles. The number of pyridine rings is 1. The van der Waals surface area contributed by atoms with Gasteiger partial charge >= 0.3 is 0 Å². The van der Waals surface area contributed by atoms with E-state index in [0.717, 1.165) is 45.0 Å². The maximum absolute atomic E-state index is 5.36. The first kappa shape index (κ1) is 13.3. The Balaban J connectivity index is 2.03. The Bertz CT molecular complexity index is 323. The van der Waals surface area contributed by atoms with Gasteiger partial charge < -0.3 is 15.0 Å². The van der Waals surface area contributed by atoms with E-state index in [-0.39, 0.29) is 0 Å². The number of nitrogens with one attached hydrogen (secondary N) is 1. The molecule has 2 rings (SSSR count). The summed E-state index contributed by atoms with van der Waals surface area (Å²) in [5.74, 6) is 0. The van der Waals surface area contributed by atoms with Gasteiger partial charge in [-0.1, -0.05) is 13.8 Å². The second-order valence-electron chi connectivity index (χ2n) is 4.56. The Labute approximate surface area is 109 Å². The summed E-state index contributed by atoms with van der Waals surface area (Å²) in [5, 5.41) is 3.45. The molecule has 1 aliphatic rings. The number of nitrogens with zero attached hydrogens (tertiary/aromatic N) is 2. The van der Waals surface area contributed by atoms with E-state index in [1.165, 1.54) is 5.69 Å². The monoisotopic (exact) mass is 249 g/mol. The molecule has 0 radical (unpaired) electrons. The summed E-state index contributed by atoms with van der Waals surface area (Å²) in [7, 11) is 0. The first-order valence-electron chi connectivity index (χ1n) is 6.87. The molecule has 1 fully saturated rings. The van der Waals surface area contributed by atoms with Crippen molar-refractivity contribution in [2.75, 3.05) is 37.7 Å². The van der Waals surface area contributed by atoms with E-state index in [1.807, 2.05) is 6.20 Å². The number of morpholine rings is 1. The van der Waals surface area contributed by atoms with Gasteiger partial charge in [-0.15, -0.1) is 0 Å². The summed E-state index contributed by atoms with van der Waals surface area (Å²) in [5.41, 5.74) is 2.34. The molecule has 0 amide bonds.